The third kappa shape index (κ3) is 3.29. The summed E-state index contributed by atoms with van der Waals surface area (Å²) >= 11 is 0. The van der Waals surface area contributed by atoms with Gasteiger partial charge in [0.15, 0.2) is 5.82 Å². The Labute approximate surface area is 109 Å². The van der Waals surface area contributed by atoms with E-state index in [0.717, 1.165) is 12.2 Å². The summed E-state index contributed by atoms with van der Waals surface area (Å²) in [5, 5.41) is 4.06. The molecular weight excluding hydrogens is 228 g/mol. The average molecular weight is 252 g/mol. The predicted molar refractivity (Wildman–Crippen MR) is 70.2 cm³/mol. The van der Waals surface area contributed by atoms with Crippen LogP contribution in [0.4, 0.5) is 0 Å². The van der Waals surface area contributed by atoms with Gasteiger partial charge in [0.05, 0.1) is 0 Å². The summed E-state index contributed by atoms with van der Waals surface area (Å²) in [7, 11) is 0. The van der Waals surface area contributed by atoms with Crippen LogP contribution >= 0.6 is 0 Å². The molecular formula is C13H24N4O. The molecule has 2 rings (SSSR count). The van der Waals surface area contributed by atoms with Crippen LogP contribution in [0, 0.1) is 0 Å². The summed E-state index contributed by atoms with van der Waals surface area (Å²) in [6.45, 7) is 7.63. The molecule has 2 atom stereocenters. The fourth-order valence-corrected chi connectivity index (χ4v) is 2.70. The van der Waals surface area contributed by atoms with Gasteiger partial charge in [-0.1, -0.05) is 5.16 Å². The Morgan fingerprint density at radius 3 is 2.89 bits per heavy atom. The van der Waals surface area contributed by atoms with Crippen molar-refractivity contribution in [1.82, 2.24) is 15.0 Å². The highest BCUT2D eigenvalue weighted by atomic mass is 16.5. The Hall–Kier alpha value is -0.940. The van der Waals surface area contributed by atoms with E-state index in [1.807, 2.05) is 6.92 Å². The topological polar surface area (TPSA) is 68.2 Å². The van der Waals surface area contributed by atoms with E-state index in [-0.39, 0.29) is 6.04 Å². The summed E-state index contributed by atoms with van der Waals surface area (Å²) in [6.07, 6.45) is 4.05. The minimum atomic E-state index is 0.0666. The van der Waals surface area contributed by atoms with Crippen LogP contribution in [0.3, 0.4) is 0 Å². The maximum Gasteiger partial charge on any atom is 0.228 e. The number of nitrogens with two attached hydrogens (primary N) is 1. The second kappa shape index (κ2) is 5.80. The normalized spacial score (nSPS) is 22.8. The molecule has 5 nitrogen and oxygen atoms in total. The van der Waals surface area contributed by atoms with Crippen molar-refractivity contribution in [2.45, 2.75) is 64.6 Å². The highest BCUT2D eigenvalue weighted by Crippen LogP contribution is 2.22. The van der Waals surface area contributed by atoms with Crippen molar-refractivity contribution >= 4 is 0 Å². The zero-order chi connectivity index (χ0) is 13.1. The van der Waals surface area contributed by atoms with E-state index in [1.54, 1.807) is 0 Å². The van der Waals surface area contributed by atoms with Gasteiger partial charge in [0.1, 0.15) is 0 Å². The van der Waals surface area contributed by atoms with Crippen LogP contribution in [0.25, 0.3) is 0 Å². The average Bonchev–Trinajstić information content (AvgIpc) is 2.87. The van der Waals surface area contributed by atoms with Crippen molar-refractivity contribution in [3.63, 3.8) is 0 Å². The first-order valence-corrected chi connectivity index (χ1v) is 6.89. The third-order valence-electron chi connectivity index (χ3n) is 3.51. The van der Waals surface area contributed by atoms with E-state index < -0.39 is 0 Å². The molecule has 2 heterocycles. The molecule has 102 valence electrons. The van der Waals surface area contributed by atoms with E-state index >= 15 is 0 Å². The number of aromatic nitrogens is 2. The minimum Gasteiger partial charge on any atom is -0.339 e. The van der Waals surface area contributed by atoms with E-state index in [1.165, 1.54) is 19.4 Å². The van der Waals surface area contributed by atoms with Crippen LogP contribution in [0.1, 0.15) is 45.3 Å². The summed E-state index contributed by atoms with van der Waals surface area (Å²) in [6, 6.07) is 1.22. The fraction of sp³-hybridized carbons (Fsp3) is 0.846. The van der Waals surface area contributed by atoms with Gasteiger partial charge in [-0.15, -0.1) is 0 Å². The Balaban J connectivity index is 1.94. The lowest BCUT2D eigenvalue weighted by molar-refractivity contribution is 0.200. The van der Waals surface area contributed by atoms with E-state index in [9.17, 15) is 0 Å². The van der Waals surface area contributed by atoms with Crippen molar-refractivity contribution in [2.24, 2.45) is 5.73 Å². The summed E-state index contributed by atoms with van der Waals surface area (Å²) < 4.78 is 5.22. The summed E-state index contributed by atoms with van der Waals surface area (Å²) in [5.41, 5.74) is 5.72. The van der Waals surface area contributed by atoms with Gasteiger partial charge >= 0.3 is 0 Å². The molecule has 0 amide bonds. The molecule has 0 aliphatic carbocycles. The first kappa shape index (κ1) is 13.5. The smallest absolute Gasteiger partial charge is 0.228 e. The Kier molecular flexibility index (Phi) is 4.35. The maximum atomic E-state index is 5.72. The molecule has 1 aliphatic rings. The molecule has 0 radical (unpaired) electrons. The molecule has 2 N–H and O–H groups in total. The summed E-state index contributed by atoms with van der Waals surface area (Å²) in [4.78, 5) is 6.95. The van der Waals surface area contributed by atoms with E-state index in [2.05, 4.69) is 28.9 Å². The highest BCUT2D eigenvalue weighted by Gasteiger charge is 2.27. The first-order chi connectivity index (χ1) is 8.56. The van der Waals surface area contributed by atoms with Crippen molar-refractivity contribution in [1.29, 1.82) is 0 Å². The van der Waals surface area contributed by atoms with E-state index in [0.29, 0.717) is 24.4 Å². The maximum absolute atomic E-state index is 5.72. The van der Waals surface area contributed by atoms with Gasteiger partial charge in [0.25, 0.3) is 0 Å². The predicted octanol–water partition coefficient (Wildman–Crippen LogP) is 1.37. The van der Waals surface area contributed by atoms with Crippen molar-refractivity contribution in [3.05, 3.63) is 11.7 Å². The van der Waals surface area contributed by atoms with Gasteiger partial charge in [-0.05, 0) is 40.2 Å². The molecule has 2 unspecified atom stereocenters. The lowest BCUT2D eigenvalue weighted by atomic mass is 10.1. The van der Waals surface area contributed by atoms with Gasteiger partial charge in [0.2, 0.25) is 5.89 Å². The lowest BCUT2D eigenvalue weighted by Crippen LogP contribution is -2.36. The van der Waals surface area contributed by atoms with Crippen LogP contribution in [-0.4, -0.2) is 39.7 Å². The van der Waals surface area contributed by atoms with Crippen LogP contribution in [-0.2, 0) is 12.8 Å². The molecule has 0 bridgehead atoms. The van der Waals surface area contributed by atoms with Gasteiger partial charge in [-0.3, -0.25) is 4.90 Å². The summed E-state index contributed by atoms with van der Waals surface area (Å²) in [5.74, 6) is 1.48. The molecule has 5 heteroatoms. The fourth-order valence-electron chi connectivity index (χ4n) is 2.70. The molecule has 1 saturated heterocycles. The first-order valence-electron chi connectivity index (χ1n) is 6.89. The Morgan fingerprint density at radius 2 is 2.22 bits per heavy atom. The van der Waals surface area contributed by atoms with Gasteiger partial charge < -0.3 is 10.3 Å². The molecule has 0 saturated carbocycles. The molecule has 1 aromatic heterocycles. The number of nitrogens with zero attached hydrogens (tertiary/aromatic N) is 3. The molecule has 0 spiro atoms. The Morgan fingerprint density at radius 1 is 1.44 bits per heavy atom. The monoisotopic (exact) mass is 252 g/mol. The molecule has 1 aromatic rings. The number of hydrogen-bond donors (Lipinski definition) is 1. The van der Waals surface area contributed by atoms with Crippen LogP contribution in [0.5, 0.6) is 0 Å². The third-order valence-corrected chi connectivity index (χ3v) is 3.51. The van der Waals surface area contributed by atoms with Crippen molar-refractivity contribution in [2.75, 3.05) is 6.54 Å². The SMILES string of the molecule is CC(N)Cc1nc(CC2CCCN2C(C)C)no1. The second-order valence-electron chi connectivity index (χ2n) is 5.62. The molecule has 0 aromatic carbocycles. The van der Waals surface area contributed by atoms with Gasteiger partial charge in [0, 0.05) is 31.0 Å². The van der Waals surface area contributed by atoms with Crippen LogP contribution in [0.2, 0.25) is 0 Å². The van der Waals surface area contributed by atoms with Gasteiger partial charge in [-0.2, -0.15) is 4.98 Å². The van der Waals surface area contributed by atoms with Crippen LogP contribution < -0.4 is 5.73 Å². The van der Waals surface area contributed by atoms with Gasteiger partial charge in [-0.25, -0.2) is 0 Å². The highest BCUT2D eigenvalue weighted by molar-refractivity contribution is 4.94. The largest absolute Gasteiger partial charge is 0.339 e. The molecule has 1 aliphatic heterocycles. The molecule has 1 fully saturated rings. The lowest BCUT2D eigenvalue weighted by Gasteiger charge is -2.27. The quantitative estimate of drug-likeness (QED) is 0.857. The minimum absolute atomic E-state index is 0.0666. The zero-order valence-corrected chi connectivity index (χ0v) is 11.6. The molecule has 18 heavy (non-hydrogen) atoms. The Bertz CT molecular complexity index is 375. The second-order valence-corrected chi connectivity index (χ2v) is 5.62. The van der Waals surface area contributed by atoms with Crippen LogP contribution in [0.15, 0.2) is 4.52 Å². The number of rotatable bonds is 5. The van der Waals surface area contributed by atoms with E-state index in [4.69, 9.17) is 10.3 Å². The van der Waals surface area contributed by atoms with Crippen molar-refractivity contribution < 1.29 is 4.52 Å². The zero-order valence-electron chi connectivity index (χ0n) is 11.6. The number of likely N-dealkylation sites (tertiary alicyclic amines) is 1. The standard InChI is InChI=1S/C13H24N4O/c1-9(2)17-6-4-5-11(17)8-12-15-13(18-16-12)7-10(3)14/h9-11H,4-8,14H2,1-3H3. The number of hydrogen-bond acceptors (Lipinski definition) is 5. The van der Waals surface area contributed by atoms with Crippen molar-refractivity contribution in [3.8, 4) is 0 Å².